The van der Waals surface area contributed by atoms with Gasteiger partial charge < -0.3 is 19.5 Å². The van der Waals surface area contributed by atoms with E-state index in [1.807, 2.05) is 0 Å². The molecular weight excluding hydrogens is 416 g/mol. The highest BCUT2D eigenvalue weighted by atomic mass is 16.6. The molecule has 0 radical (unpaired) electrons. The van der Waals surface area contributed by atoms with Crippen LogP contribution in [0.25, 0.3) is 0 Å². The van der Waals surface area contributed by atoms with Gasteiger partial charge in [-0.2, -0.15) is 0 Å². The molecule has 2 aliphatic heterocycles. The molecule has 2 fully saturated rings. The summed E-state index contributed by atoms with van der Waals surface area (Å²) in [6, 6.07) is 4.13. The molecule has 9 heteroatoms. The fourth-order valence-electron chi connectivity index (χ4n) is 5.27. The third-order valence-corrected chi connectivity index (χ3v) is 6.14. The molecule has 32 heavy (non-hydrogen) atoms. The van der Waals surface area contributed by atoms with E-state index in [0.29, 0.717) is 43.1 Å². The van der Waals surface area contributed by atoms with Crippen molar-refractivity contribution < 1.29 is 33.4 Å². The molecule has 2 heterocycles. The van der Waals surface area contributed by atoms with Crippen molar-refractivity contribution in [2.45, 2.75) is 45.6 Å². The van der Waals surface area contributed by atoms with Crippen molar-refractivity contribution in [1.82, 2.24) is 10.2 Å². The molecule has 1 aromatic rings. The standard InChI is InChI=1S/C23H28N2O7/c1-14-9-22(2,3)13-23(10-14)20(28)25(21(29)24-23)11-19(27)32-12-16(26)15-4-5-17-18(8-15)31-7-6-30-17/h4-5,8,14H,6-7,9-13H2,1-3H3,(H,24,29)/t14-,23+/m1/s1. The van der Waals surface area contributed by atoms with E-state index in [-0.39, 0.29) is 11.3 Å². The van der Waals surface area contributed by atoms with Crippen LogP contribution in [0.15, 0.2) is 18.2 Å². The molecular formula is C23H28N2O7. The summed E-state index contributed by atoms with van der Waals surface area (Å²) in [5, 5.41) is 2.82. The zero-order chi connectivity index (χ0) is 23.1. The minimum Gasteiger partial charge on any atom is -0.486 e. The highest BCUT2D eigenvalue weighted by Gasteiger charge is 2.56. The van der Waals surface area contributed by atoms with Crippen molar-refractivity contribution in [2.75, 3.05) is 26.4 Å². The van der Waals surface area contributed by atoms with E-state index in [9.17, 15) is 19.2 Å². The molecule has 2 atom stereocenters. The number of amides is 3. The summed E-state index contributed by atoms with van der Waals surface area (Å²) in [6.45, 7) is 6.01. The Morgan fingerprint density at radius 2 is 1.88 bits per heavy atom. The summed E-state index contributed by atoms with van der Waals surface area (Å²) in [6.07, 6.45) is 2.01. The zero-order valence-corrected chi connectivity index (χ0v) is 18.6. The molecule has 4 rings (SSSR count). The first-order valence-electron chi connectivity index (χ1n) is 10.8. The molecule has 0 unspecified atom stereocenters. The number of nitrogens with zero attached hydrogens (tertiary/aromatic N) is 1. The van der Waals surface area contributed by atoms with Gasteiger partial charge in [0.15, 0.2) is 23.9 Å². The van der Waals surface area contributed by atoms with E-state index >= 15 is 0 Å². The van der Waals surface area contributed by atoms with Crippen LogP contribution in [-0.2, 0) is 14.3 Å². The van der Waals surface area contributed by atoms with Gasteiger partial charge in [-0.05, 0) is 48.8 Å². The molecule has 3 aliphatic rings. The molecule has 1 saturated heterocycles. The van der Waals surface area contributed by atoms with Crippen LogP contribution in [0, 0.1) is 11.3 Å². The molecule has 9 nitrogen and oxygen atoms in total. The number of carbonyl (C=O) groups is 4. The van der Waals surface area contributed by atoms with Crippen molar-refractivity contribution in [1.29, 1.82) is 0 Å². The molecule has 1 spiro atoms. The summed E-state index contributed by atoms with van der Waals surface area (Å²) >= 11 is 0. The van der Waals surface area contributed by atoms with Crippen LogP contribution in [0.3, 0.4) is 0 Å². The second-order valence-electron chi connectivity index (χ2n) is 9.70. The fraction of sp³-hybridized carbons (Fsp3) is 0.565. The van der Waals surface area contributed by atoms with Crippen molar-refractivity contribution in [2.24, 2.45) is 11.3 Å². The van der Waals surface area contributed by atoms with Crippen LogP contribution in [0.1, 0.15) is 50.4 Å². The van der Waals surface area contributed by atoms with E-state index in [1.54, 1.807) is 12.1 Å². The maximum absolute atomic E-state index is 13.1. The summed E-state index contributed by atoms with van der Waals surface area (Å²) in [4.78, 5) is 51.2. The second-order valence-corrected chi connectivity index (χ2v) is 9.70. The number of hydrogen-bond acceptors (Lipinski definition) is 7. The van der Waals surface area contributed by atoms with Gasteiger partial charge in [0.25, 0.3) is 5.91 Å². The molecule has 1 aromatic carbocycles. The number of fused-ring (bicyclic) bond motifs is 1. The molecule has 3 amide bonds. The van der Waals surface area contributed by atoms with Crippen LogP contribution in [0.4, 0.5) is 4.79 Å². The largest absolute Gasteiger partial charge is 0.486 e. The Morgan fingerprint density at radius 1 is 1.16 bits per heavy atom. The van der Waals surface area contributed by atoms with E-state index in [2.05, 4.69) is 26.1 Å². The van der Waals surface area contributed by atoms with Gasteiger partial charge in [0.2, 0.25) is 0 Å². The average Bonchev–Trinajstić information content (AvgIpc) is 2.93. The molecule has 1 saturated carbocycles. The number of urea groups is 1. The first-order chi connectivity index (χ1) is 15.1. The topological polar surface area (TPSA) is 111 Å². The smallest absolute Gasteiger partial charge is 0.326 e. The van der Waals surface area contributed by atoms with Crippen LogP contribution in [-0.4, -0.2) is 60.5 Å². The number of carbonyl (C=O) groups excluding carboxylic acids is 4. The quantitative estimate of drug-likeness (QED) is 0.421. The summed E-state index contributed by atoms with van der Waals surface area (Å²) < 4.78 is 15.9. The number of imide groups is 1. The van der Waals surface area contributed by atoms with Gasteiger partial charge in [-0.1, -0.05) is 20.8 Å². The van der Waals surface area contributed by atoms with E-state index in [4.69, 9.17) is 14.2 Å². The normalized spacial score (nSPS) is 26.1. The Morgan fingerprint density at radius 3 is 2.59 bits per heavy atom. The Hall–Kier alpha value is -3.10. The fourth-order valence-corrected chi connectivity index (χ4v) is 5.27. The van der Waals surface area contributed by atoms with Gasteiger partial charge >= 0.3 is 12.0 Å². The van der Waals surface area contributed by atoms with Gasteiger partial charge in [0, 0.05) is 5.56 Å². The minimum absolute atomic E-state index is 0.104. The number of hydrogen-bond donors (Lipinski definition) is 1. The first kappa shape index (κ1) is 22.1. The number of Topliss-reactive ketones (excluding diaryl/α,β-unsaturated/α-hetero) is 1. The van der Waals surface area contributed by atoms with Gasteiger partial charge in [0.05, 0.1) is 0 Å². The van der Waals surface area contributed by atoms with Crippen molar-refractivity contribution in [3.05, 3.63) is 23.8 Å². The molecule has 0 aromatic heterocycles. The third kappa shape index (κ3) is 4.28. The van der Waals surface area contributed by atoms with Crippen molar-refractivity contribution in [3.63, 3.8) is 0 Å². The van der Waals surface area contributed by atoms with Gasteiger partial charge in [-0.15, -0.1) is 0 Å². The summed E-state index contributed by atoms with van der Waals surface area (Å²) in [5.41, 5.74) is -0.776. The number of rotatable bonds is 5. The lowest BCUT2D eigenvalue weighted by molar-refractivity contribution is -0.147. The van der Waals surface area contributed by atoms with Gasteiger partial charge in [-0.3, -0.25) is 19.3 Å². The van der Waals surface area contributed by atoms with Crippen molar-refractivity contribution >= 4 is 23.7 Å². The summed E-state index contributed by atoms with van der Waals surface area (Å²) in [5.74, 6) is -0.373. The SMILES string of the molecule is C[C@@H]1CC(C)(C)C[C@]2(C1)NC(=O)N(CC(=O)OCC(=O)c1ccc3c(c1)OCCO3)C2=O. The second kappa shape index (κ2) is 8.11. The van der Waals surface area contributed by atoms with E-state index in [0.717, 1.165) is 11.3 Å². The van der Waals surface area contributed by atoms with E-state index < -0.39 is 42.4 Å². The molecule has 0 bridgehead atoms. The lowest BCUT2D eigenvalue weighted by Crippen LogP contribution is -2.54. The Labute approximate surface area is 186 Å². The van der Waals surface area contributed by atoms with Crippen molar-refractivity contribution in [3.8, 4) is 11.5 Å². The lowest BCUT2D eigenvalue weighted by atomic mass is 9.64. The maximum Gasteiger partial charge on any atom is 0.326 e. The molecule has 1 aliphatic carbocycles. The van der Waals surface area contributed by atoms with Crippen LogP contribution < -0.4 is 14.8 Å². The minimum atomic E-state index is -0.987. The monoisotopic (exact) mass is 444 g/mol. The average molecular weight is 444 g/mol. The highest BCUT2D eigenvalue weighted by molar-refractivity contribution is 6.09. The van der Waals surface area contributed by atoms with Gasteiger partial charge in [0.1, 0.15) is 25.3 Å². The lowest BCUT2D eigenvalue weighted by Gasteiger charge is -2.43. The Bertz CT molecular complexity index is 973. The number of esters is 1. The van der Waals surface area contributed by atoms with Crippen LogP contribution in [0.2, 0.25) is 0 Å². The summed E-state index contributed by atoms with van der Waals surface area (Å²) in [7, 11) is 0. The Kier molecular flexibility index (Phi) is 5.60. The molecule has 1 N–H and O–H groups in total. The zero-order valence-electron chi connectivity index (χ0n) is 18.6. The number of ether oxygens (including phenoxy) is 3. The number of benzene rings is 1. The third-order valence-electron chi connectivity index (χ3n) is 6.14. The van der Waals surface area contributed by atoms with Crippen LogP contribution >= 0.6 is 0 Å². The highest BCUT2D eigenvalue weighted by Crippen LogP contribution is 2.46. The predicted octanol–water partition coefficient (Wildman–Crippen LogP) is 2.32. The first-order valence-corrected chi connectivity index (χ1v) is 10.8. The van der Waals surface area contributed by atoms with Gasteiger partial charge in [-0.25, -0.2) is 4.79 Å². The Balaban J connectivity index is 1.35. The number of ketones is 1. The number of nitrogens with one attached hydrogen (secondary N) is 1. The predicted molar refractivity (Wildman–Crippen MR) is 112 cm³/mol. The maximum atomic E-state index is 13.1. The molecule has 172 valence electrons. The van der Waals surface area contributed by atoms with E-state index in [1.165, 1.54) is 6.07 Å². The van der Waals surface area contributed by atoms with Crippen LogP contribution in [0.5, 0.6) is 11.5 Å².